The molecule has 180 valence electrons. The van der Waals surface area contributed by atoms with Gasteiger partial charge in [-0.05, 0) is 44.2 Å². The van der Waals surface area contributed by atoms with E-state index in [9.17, 15) is 19.2 Å². The van der Waals surface area contributed by atoms with Crippen molar-refractivity contribution in [1.82, 2.24) is 4.90 Å². The fourth-order valence-electron chi connectivity index (χ4n) is 4.48. The molecule has 34 heavy (non-hydrogen) atoms. The smallest absolute Gasteiger partial charge is 0.329 e. The monoisotopic (exact) mass is 465 g/mol. The molecule has 1 fully saturated rings. The molecule has 1 aliphatic heterocycles. The first-order chi connectivity index (χ1) is 16.2. The number of nitrogens with zero attached hydrogens (tertiary/aromatic N) is 3. The first-order valence-electron chi connectivity index (χ1n) is 11.7. The number of benzene rings is 1. The van der Waals surface area contributed by atoms with Crippen LogP contribution in [-0.4, -0.2) is 47.8 Å². The molecule has 3 rings (SSSR count). The van der Waals surface area contributed by atoms with E-state index in [1.54, 1.807) is 12.1 Å². The molecule has 8 heteroatoms. The molecule has 3 atom stereocenters. The molecule has 3 unspecified atom stereocenters. The Morgan fingerprint density at radius 1 is 1.12 bits per heavy atom. The van der Waals surface area contributed by atoms with Gasteiger partial charge in [0, 0.05) is 12.2 Å². The Balaban J connectivity index is 1.73. The van der Waals surface area contributed by atoms with E-state index in [1.807, 2.05) is 51.1 Å². The highest BCUT2D eigenvalue weighted by molar-refractivity contribution is 6.08. The lowest BCUT2D eigenvalue weighted by molar-refractivity contribution is -0.160. The molecule has 2 aliphatic rings. The van der Waals surface area contributed by atoms with E-state index in [0.29, 0.717) is 18.5 Å². The number of anilines is 1. The number of hydrogen-bond acceptors (Lipinski definition) is 6. The van der Waals surface area contributed by atoms with Crippen LogP contribution in [0, 0.1) is 36.0 Å². The number of amides is 3. The molecular weight excluding hydrogens is 434 g/mol. The van der Waals surface area contributed by atoms with Crippen LogP contribution in [-0.2, 0) is 23.9 Å². The van der Waals surface area contributed by atoms with Gasteiger partial charge in [0.15, 0.2) is 6.61 Å². The highest BCUT2D eigenvalue weighted by Crippen LogP contribution is 2.37. The van der Waals surface area contributed by atoms with Crippen LogP contribution < -0.4 is 4.90 Å². The summed E-state index contributed by atoms with van der Waals surface area (Å²) < 4.78 is 5.36. The van der Waals surface area contributed by atoms with Crippen molar-refractivity contribution in [3.05, 3.63) is 42.0 Å². The SMILES string of the molecule is Cc1ccc(N(CCC#N)C(=O)COC(=O)C(CC(C)C)N2C(=O)C3CC=CCC3C2=O)cc1. The minimum absolute atomic E-state index is 0.0225. The minimum atomic E-state index is -1.06. The van der Waals surface area contributed by atoms with Gasteiger partial charge in [-0.25, -0.2) is 4.79 Å². The Morgan fingerprint density at radius 2 is 1.71 bits per heavy atom. The molecule has 1 heterocycles. The summed E-state index contributed by atoms with van der Waals surface area (Å²) in [4.78, 5) is 54.5. The van der Waals surface area contributed by atoms with Crippen molar-refractivity contribution >= 4 is 29.4 Å². The number of imide groups is 1. The van der Waals surface area contributed by atoms with E-state index in [4.69, 9.17) is 10.00 Å². The van der Waals surface area contributed by atoms with Crippen LogP contribution in [0.5, 0.6) is 0 Å². The van der Waals surface area contributed by atoms with Crippen molar-refractivity contribution in [3.8, 4) is 6.07 Å². The highest BCUT2D eigenvalue weighted by Gasteiger charge is 2.51. The third-order valence-corrected chi connectivity index (χ3v) is 6.25. The summed E-state index contributed by atoms with van der Waals surface area (Å²) in [6.07, 6.45) is 5.14. The molecule has 0 N–H and O–H groups in total. The Morgan fingerprint density at radius 3 is 2.24 bits per heavy atom. The number of ether oxygens (including phenoxy) is 1. The van der Waals surface area contributed by atoms with Crippen LogP contribution in [0.1, 0.15) is 45.1 Å². The molecule has 1 saturated heterocycles. The number of fused-ring (bicyclic) bond motifs is 1. The zero-order valence-corrected chi connectivity index (χ0v) is 19.9. The Kier molecular flexibility index (Phi) is 8.21. The van der Waals surface area contributed by atoms with Crippen molar-refractivity contribution in [1.29, 1.82) is 5.26 Å². The fraction of sp³-hybridized carbons (Fsp3) is 0.500. The van der Waals surface area contributed by atoms with Crippen LogP contribution in [0.2, 0.25) is 0 Å². The van der Waals surface area contributed by atoms with E-state index < -0.39 is 36.4 Å². The average Bonchev–Trinajstić information content (AvgIpc) is 3.07. The predicted molar refractivity (Wildman–Crippen MR) is 125 cm³/mol. The number of allylic oxidation sites excluding steroid dienone is 2. The lowest BCUT2D eigenvalue weighted by atomic mass is 9.85. The maximum absolute atomic E-state index is 13.1. The zero-order chi connectivity index (χ0) is 24.8. The number of likely N-dealkylation sites (tertiary alicyclic amines) is 1. The van der Waals surface area contributed by atoms with Gasteiger partial charge in [0.2, 0.25) is 11.8 Å². The van der Waals surface area contributed by atoms with E-state index >= 15 is 0 Å². The highest BCUT2D eigenvalue weighted by atomic mass is 16.5. The second kappa shape index (κ2) is 11.1. The van der Waals surface area contributed by atoms with Gasteiger partial charge in [-0.15, -0.1) is 0 Å². The third-order valence-electron chi connectivity index (χ3n) is 6.25. The van der Waals surface area contributed by atoms with Crippen molar-refractivity contribution in [2.75, 3.05) is 18.1 Å². The normalized spacial score (nSPS) is 20.1. The topological polar surface area (TPSA) is 108 Å². The Bertz CT molecular complexity index is 982. The van der Waals surface area contributed by atoms with Crippen LogP contribution in [0.4, 0.5) is 5.69 Å². The first kappa shape index (κ1) is 25.2. The summed E-state index contributed by atoms with van der Waals surface area (Å²) in [5, 5.41) is 8.97. The summed E-state index contributed by atoms with van der Waals surface area (Å²) in [6, 6.07) is 8.20. The van der Waals surface area contributed by atoms with Gasteiger partial charge >= 0.3 is 5.97 Å². The summed E-state index contributed by atoms with van der Waals surface area (Å²) in [5.41, 5.74) is 1.62. The largest absolute Gasteiger partial charge is 0.454 e. The molecule has 0 spiro atoms. The lowest BCUT2D eigenvalue weighted by Crippen LogP contribution is -2.48. The van der Waals surface area contributed by atoms with Crippen molar-refractivity contribution in [2.45, 2.75) is 52.5 Å². The molecule has 0 aromatic heterocycles. The van der Waals surface area contributed by atoms with Crippen molar-refractivity contribution in [2.24, 2.45) is 17.8 Å². The molecule has 0 bridgehead atoms. The van der Waals surface area contributed by atoms with E-state index in [-0.39, 0.29) is 37.1 Å². The third kappa shape index (κ3) is 5.53. The van der Waals surface area contributed by atoms with Gasteiger partial charge in [-0.1, -0.05) is 43.7 Å². The summed E-state index contributed by atoms with van der Waals surface area (Å²) >= 11 is 0. The molecule has 1 aliphatic carbocycles. The number of esters is 1. The zero-order valence-electron chi connectivity index (χ0n) is 19.9. The maximum atomic E-state index is 13.1. The summed E-state index contributed by atoms with van der Waals surface area (Å²) in [7, 11) is 0. The van der Waals surface area contributed by atoms with Gasteiger partial charge in [-0.3, -0.25) is 19.3 Å². The number of hydrogen-bond donors (Lipinski definition) is 0. The second-order valence-corrected chi connectivity index (χ2v) is 9.24. The predicted octanol–water partition coefficient (Wildman–Crippen LogP) is 3.15. The first-order valence-corrected chi connectivity index (χ1v) is 11.7. The lowest BCUT2D eigenvalue weighted by Gasteiger charge is -2.27. The quantitative estimate of drug-likeness (QED) is 0.315. The van der Waals surface area contributed by atoms with Gasteiger partial charge in [0.05, 0.1) is 24.3 Å². The fourth-order valence-corrected chi connectivity index (χ4v) is 4.48. The van der Waals surface area contributed by atoms with E-state index in [1.165, 1.54) is 4.90 Å². The minimum Gasteiger partial charge on any atom is -0.454 e. The molecule has 1 aromatic rings. The Labute approximate surface area is 200 Å². The number of rotatable bonds is 9. The van der Waals surface area contributed by atoms with E-state index in [2.05, 4.69) is 0 Å². The summed E-state index contributed by atoms with van der Waals surface area (Å²) in [6.45, 7) is 5.33. The van der Waals surface area contributed by atoms with E-state index in [0.717, 1.165) is 10.5 Å². The van der Waals surface area contributed by atoms with Crippen molar-refractivity contribution < 1.29 is 23.9 Å². The van der Waals surface area contributed by atoms with Gasteiger partial charge in [0.25, 0.3) is 5.91 Å². The number of aryl methyl sites for hydroxylation is 1. The average molecular weight is 466 g/mol. The van der Waals surface area contributed by atoms with Gasteiger partial charge in [-0.2, -0.15) is 5.26 Å². The van der Waals surface area contributed by atoms with Crippen LogP contribution in [0.15, 0.2) is 36.4 Å². The molecule has 1 aromatic carbocycles. The number of nitriles is 1. The van der Waals surface area contributed by atoms with Crippen molar-refractivity contribution in [3.63, 3.8) is 0 Å². The standard InChI is InChI=1S/C26H31N3O5/c1-17(2)15-22(29-24(31)20-7-4-5-8-21(20)25(29)32)26(33)34-16-23(30)28(14-6-13-27)19-11-9-18(3)10-12-19/h4-5,9-12,17,20-22H,6-8,14-16H2,1-3H3. The molecular formula is C26H31N3O5. The Hall–Kier alpha value is -3.47. The van der Waals surface area contributed by atoms with Gasteiger partial charge in [0.1, 0.15) is 6.04 Å². The maximum Gasteiger partial charge on any atom is 0.329 e. The second-order valence-electron chi connectivity index (χ2n) is 9.24. The van der Waals surface area contributed by atoms with Gasteiger partial charge < -0.3 is 9.64 Å². The molecule has 8 nitrogen and oxygen atoms in total. The van der Waals surface area contributed by atoms with Crippen LogP contribution in [0.3, 0.4) is 0 Å². The number of carbonyl (C=O) groups excluding carboxylic acids is 4. The summed E-state index contributed by atoms with van der Waals surface area (Å²) in [5.74, 6) is -2.79. The van der Waals surface area contributed by atoms with Crippen LogP contribution >= 0.6 is 0 Å². The molecule has 0 radical (unpaired) electrons. The molecule has 0 saturated carbocycles. The van der Waals surface area contributed by atoms with Crippen LogP contribution in [0.25, 0.3) is 0 Å². The number of carbonyl (C=O) groups is 4. The molecule has 3 amide bonds.